The maximum atomic E-state index is 12.2. The number of aromatic nitrogens is 3. The van der Waals surface area contributed by atoms with Crippen LogP contribution in [0.5, 0.6) is 0 Å². The number of aryl methyl sites for hydroxylation is 1. The number of carbonyl (C=O) groups excluding carboxylic acids is 1. The third kappa shape index (κ3) is 3.21. The van der Waals surface area contributed by atoms with Crippen molar-refractivity contribution in [2.75, 3.05) is 23.3 Å². The first-order valence-electron chi connectivity index (χ1n) is 7.56. The Bertz CT molecular complexity index is 650. The number of hydrogen-bond donors (Lipinski definition) is 1. The Kier molecular flexibility index (Phi) is 4.27. The molecule has 0 bridgehead atoms. The SMILES string of the molecule is Cc1cccnc1NC(=O)c1ccc(N2CCCCC2)nn1. The van der Waals surface area contributed by atoms with Crippen LogP contribution in [-0.2, 0) is 0 Å². The molecule has 0 unspecified atom stereocenters. The fraction of sp³-hybridized carbons (Fsp3) is 0.375. The molecule has 0 aliphatic carbocycles. The molecule has 1 amide bonds. The molecule has 1 fully saturated rings. The van der Waals surface area contributed by atoms with Crippen LogP contribution in [0, 0.1) is 6.92 Å². The number of rotatable bonds is 3. The van der Waals surface area contributed by atoms with Gasteiger partial charge in [0.1, 0.15) is 5.82 Å². The highest BCUT2D eigenvalue weighted by Gasteiger charge is 2.15. The van der Waals surface area contributed by atoms with E-state index in [0.29, 0.717) is 11.5 Å². The maximum Gasteiger partial charge on any atom is 0.277 e. The largest absolute Gasteiger partial charge is 0.355 e. The van der Waals surface area contributed by atoms with E-state index in [1.165, 1.54) is 19.3 Å². The number of pyridine rings is 1. The predicted octanol–water partition coefficient (Wildman–Crippen LogP) is 2.42. The smallest absolute Gasteiger partial charge is 0.277 e. The van der Waals surface area contributed by atoms with Gasteiger partial charge in [-0.15, -0.1) is 10.2 Å². The van der Waals surface area contributed by atoms with Crippen LogP contribution >= 0.6 is 0 Å². The van der Waals surface area contributed by atoms with Crippen LogP contribution < -0.4 is 10.2 Å². The molecular weight excluding hydrogens is 278 g/mol. The first-order chi connectivity index (χ1) is 10.7. The van der Waals surface area contributed by atoms with Crippen molar-refractivity contribution in [3.8, 4) is 0 Å². The van der Waals surface area contributed by atoms with Gasteiger partial charge in [-0.3, -0.25) is 4.79 Å². The summed E-state index contributed by atoms with van der Waals surface area (Å²) in [6, 6.07) is 7.30. The number of nitrogens with one attached hydrogen (secondary N) is 1. The monoisotopic (exact) mass is 297 g/mol. The molecule has 2 aromatic heterocycles. The summed E-state index contributed by atoms with van der Waals surface area (Å²) in [5, 5.41) is 11.0. The van der Waals surface area contributed by atoms with Gasteiger partial charge in [-0.05, 0) is 49.9 Å². The summed E-state index contributed by atoms with van der Waals surface area (Å²) in [7, 11) is 0. The molecule has 3 rings (SSSR count). The van der Waals surface area contributed by atoms with Gasteiger partial charge in [-0.1, -0.05) is 6.07 Å². The molecule has 1 aliphatic heterocycles. The Morgan fingerprint density at radius 2 is 1.95 bits per heavy atom. The van der Waals surface area contributed by atoms with E-state index in [9.17, 15) is 4.79 Å². The Morgan fingerprint density at radius 3 is 2.64 bits per heavy atom. The van der Waals surface area contributed by atoms with Gasteiger partial charge in [-0.25, -0.2) is 4.98 Å². The van der Waals surface area contributed by atoms with Crippen molar-refractivity contribution in [2.24, 2.45) is 0 Å². The summed E-state index contributed by atoms with van der Waals surface area (Å²) in [5.41, 5.74) is 1.21. The van der Waals surface area contributed by atoms with Gasteiger partial charge >= 0.3 is 0 Å². The number of carbonyl (C=O) groups is 1. The lowest BCUT2D eigenvalue weighted by Crippen LogP contribution is -2.30. The molecule has 114 valence electrons. The van der Waals surface area contributed by atoms with Gasteiger partial charge in [-0.2, -0.15) is 0 Å². The second-order valence-electron chi connectivity index (χ2n) is 5.45. The number of anilines is 2. The van der Waals surface area contributed by atoms with Crippen LogP contribution in [0.15, 0.2) is 30.5 Å². The lowest BCUT2D eigenvalue weighted by atomic mass is 10.1. The van der Waals surface area contributed by atoms with Gasteiger partial charge in [0, 0.05) is 19.3 Å². The van der Waals surface area contributed by atoms with Gasteiger partial charge in [0.25, 0.3) is 5.91 Å². The third-order valence-corrected chi connectivity index (χ3v) is 3.80. The fourth-order valence-electron chi connectivity index (χ4n) is 2.53. The lowest BCUT2D eigenvalue weighted by molar-refractivity contribution is 0.102. The van der Waals surface area contributed by atoms with E-state index in [1.807, 2.05) is 25.1 Å². The van der Waals surface area contributed by atoms with Crippen LogP contribution in [0.4, 0.5) is 11.6 Å². The second-order valence-corrected chi connectivity index (χ2v) is 5.45. The van der Waals surface area contributed by atoms with Crippen molar-refractivity contribution in [1.82, 2.24) is 15.2 Å². The van der Waals surface area contributed by atoms with E-state index in [2.05, 4.69) is 25.4 Å². The minimum Gasteiger partial charge on any atom is -0.355 e. The van der Waals surface area contributed by atoms with Crippen molar-refractivity contribution in [1.29, 1.82) is 0 Å². The molecule has 0 radical (unpaired) electrons. The molecule has 1 saturated heterocycles. The van der Waals surface area contributed by atoms with E-state index < -0.39 is 0 Å². The van der Waals surface area contributed by atoms with Gasteiger partial charge in [0.05, 0.1) is 0 Å². The van der Waals surface area contributed by atoms with Crippen LogP contribution in [-0.4, -0.2) is 34.2 Å². The summed E-state index contributed by atoms with van der Waals surface area (Å²) in [4.78, 5) is 18.5. The molecule has 3 heterocycles. The van der Waals surface area contributed by atoms with Crippen molar-refractivity contribution in [2.45, 2.75) is 26.2 Å². The zero-order chi connectivity index (χ0) is 15.4. The van der Waals surface area contributed by atoms with E-state index >= 15 is 0 Å². The quantitative estimate of drug-likeness (QED) is 0.942. The fourth-order valence-corrected chi connectivity index (χ4v) is 2.53. The Morgan fingerprint density at radius 1 is 1.14 bits per heavy atom. The highest BCUT2D eigenvalue weighted by Crippen LogP contribution is 2.17. The summed E-state index contributed by atoms with van der Waals surface area (Å²) in [5.74, 6) is 1.10. The van der Waals surface area contributed by atoms with Crippen LogP contribution in [0.2, 0.25) is 0 Å². The van der Waals surface area contributed by atoms with Gasteiger partial charge < -0.3 is 10.2 Å². The second kappa shape index (κ2) is 6.51. The Balaban J connectivity index is 1.69. The first-order valence-corrected chi connectivity index (χ1v) is 7.56. The molecule has 6 heteroatoms. The van der Waals surface area contributed by atoms with Crippen molar-refractivity contribution < 1.29 is 4.79 Å². The van der Waals surface area contributed by atoms with Crippen molar-refractivity contribution in [3.63, 3.8) is 0 Å². The van der Waals surface area contributed by atoms with Crippen molar-refractivity contribution >= 4 is 17.5 Å². The van der Waals surface area contributed by atoms with E-state index in [-0.39, 0.29) is 5.91 Å². The Labute approximate surface area is 129 Å². The summed E-state index contributed by atoms with van der Waals surface area (Å²) in [6.07, 6.45) is 5.29. The van der Waals surface area contributed by atoms with Gasteiger partial charge in [0.15, 0.2) is 11.5 Å². The first kappa shape index (κ1) is 14.4. The van der Waals surface area contributed by atoms with E-state index in [1.54, 1.807) is 12.3 Å². The van der Waals surface area contributed by atoms with Crippen LogP contribution in [0.1, 0.15) is 35.3 Å². The van der Waals surface area contributed by atoms with Crippen molar-refractivity contribution in [3.05, 3.63) is 41.7 Å². The standard InChI is InChI=1S/C16H19N5O/c1-12-6-5-9-17-15(12)18-16(22)13-7-8-14(20-19-13)21-10-3-2-4-11-21/h5-9H,2-4,10-11H2,1H3,(H,17,18,22). The average molecular weight is 297 g/mol. The predicted molar refractivity (Wildman–Crippen MR) is 85.0 cm³/mol. The number of piperidine rings is 1. The molecule has 0 atom stereocenters. The molecule has 1 N–H and O–H groups in total. The highest BCUT2D eigenvalue weighted by molar-refractivity contribution is 6.02. The Hall–Kier alpha value is -2.50. The average Bonchev–Trinajstić information content (AvgIpc) is 2.58. The zero-order valence-electron chi connectivity index (χ0n) is 12.6. The molecule has 0 spiro atoms. The normalized spacial score (nSPS) is 14.7. The molecule has 2 aromatic rings. The topological polar surface area (TPSA) is 71.0 Å². The lowest BCUT2D eigenvalue weighted by Gasteiger charge is -2.27. The van der Waals surface area contributed by atoms with Crippen LogP contribution in [0.25, 0.3) is 0 Å². The number of amides is 1. The van der Waals surface area contributed by atoms with Gasteiger partial charge in [0.2, 0.25) is 0 Å². The molecule has 0 saturated carbocycles. The summed E-state index contributed by atoms with van der Waals surface area (Å²) >= 11 is 0. The molecule has 6 nitrogen and oxygen atoms in total. The summed E-state index contributed by atoms with van der Waals surface area (Å²) in [6.45, 7) is 3.91. The van der Waals surface area contributed by atoms with E-state index in [4.69, 9.17) is 0 Å². The molecule has 1 aliphatic rings. The number of nitrogens with zero attached hydrogens (tertiary/aromatic N) is 4. The third-order valence-electron chi connectivity index (χ3n) is 3.80. The molecule has 22 heavy (non-hydrogen) atoms. The zero-order valence-corrected chi connectivity index (χ0v) is 12.6. The van der Waals surface area contributed by atoms with Crippen LogP contribution in [0.3, 0.4) is 0 Å². The number of hydrogen-bond acceptors (Lipinski definition) is 5. The highest BCUT2D eigenvalue weighted by atomic mass is 16.2. The molecular formula is C16H19N5O. The van der Waals surface area contributed by atoms with E-state index in [0.717, 1.165) is 24.5 Å². The minimum atomic E-state index is -0.292. The minimum absolute atomic E-state index is 0.292. The maximum absolute atomic E-state index is 12.2. The molecule has 0 aromatic carbocycles. The summed E-state index contributed by atoms with van der Waals surface area (Å²) < 4.78 is 0.